The lowest BCUT2D eigenvalue weighted by Gasteiger charge is -2.15. The third-order valence-corrected chi connectivity index (χ3v) is 3.71. The fraction of sp³-hybridized carbons (Fsp3) is 1.00. The second-order valence-corrected chi connectivity index (χ2v) is 5.01. The van der Waals surface area contributed by atoms with E-state index in [2.05, 4.69) is 12.2 Å². The molecule has 2 heteroatoms. The fourth-order valence-electron chi connectivity index (χ4n) is 2.53. The summed E-state index contributed by atoms with van der Waals surface area (Å²) in [6, 6.07) is 0. The van der Waals surface area contributed by atoms with Crippen molar-refractivity contribution in [3.05, 3.63) is 0 Å². The van der Waals surface area contributed by atoms with Crippen LogP contribution in [-0.4, -0.2) is 24.8 Å². The van der Waals surface area contributed by atoms with Gasteiger partial charge in [0, 0.05) is 6.61 Å². The lowest BCUT2D eigenvalue weighted by atomic mass is 9.98. The predicted octanol–water partition coefficient (Wildman–Crippen LogP) is 2.56. The van der Waals surface area contributed by atoms with Gasteiger partial charge in [-0.05, 0) is 44.2 Å². The monoisotopic (exact) mass is 213 g/mol. The molecule has 90 valence electrons. The second kappa shape index (κ2) is 8.12. The molecule has 1 aliphatic carbocycles. The third kappa shape index (κ3) is 5.53. The van der Waals surface area contributed by atoms with Gasteiger partial charge in [-0.2, -0.15) is 0 Å². The Labute approximate surface area is 94.5 Å². The summed E-state index contributed by atoms with van der Waals surface area (Å²) in [6.07, 6.45) is 8.97. The topological polar surface area (TPSA) is 32.3 Å². The van der Waals surface area contributed by atoms with Crippen molar-refractivity contribution in [3.63, 3.8) is 0 Å². The fourth-order valence-corrected chi connectivity index (χ4v) is 2.53. The Bertz CT molecular complexity index is 149. The maximum Gasteiger partial charge on any atom is 0.0431 e. The Kier molecular flexibility index (Phi) is 7.03. The second-order valence-electron chi connectivity index (χ2n) is 5.01. The van der Waals surface area contributed by atoms with Gasteiger partial charge in [0.25, 0.3) is 0 Å². The number of hydrogen-bond donors (Lipinski definition) is 2. The lowest BCUT2D eigenvalue weighted by molar-refractivity contribution is 0.282. The quantitative estimate of drug-likeness (QED) is 0.607. The molecule has 0 amide bonds. The highest BCUT2D eigenvalue weighted by Crippen LogP contribution is 2.30. The van der Waals surface area contributed by atoms with Gasteiger partial charge in [0.15, 0.2) is 0 Å². The minimum absolute atomic E-state index is 0.354. The molecular weight excluding hydrogens is 186 g/mol. The molecule has 1 rings (SSSR count). The van der Waals surface area contributed by atoms with Crippen LogP contribution in [-0.2, 0) is 0 Å². The summed E-state index contributed by atoms with van der Waals surface area (Å²) in [5, 5.41) is 12.2. The highest BCUT2D eigenvalue weighted by atomic mass is 16.2. The van der Waals surface area contributed by atoms with Crippen LogP contribution in [0.1, 0.15) is 51.9 Å². The maximum atomic E-state index is 8.63. The Morgan fingerprint density at radius 2 is 1.93 bits per heavy atom. The molecule has 1 saturated carbocycles. The van der Waals surface area contributed by atoms with Crippen molar-refractivity contribution in [1.82, 2.24) is 5.32 Å². The van der Waals surface area contributed by atoms with Crippen LogP contribution in [0.3, 0.4) is 0 Å². The first-order chi connectivity index (χ1) is 7.34. The van der Waals surface area contributed by atoms with Crippen LogP contribution in [0.2, 0.25) is 0 Å². The van der Waals surface area contributed by atoms with E-state index in [1.807, 2.05) is 0 Å². The molecule has 2 atom stereocenters. The molecule has 0 radical (unpaired) electrons. The summed E-state index contributed by atoms with van der Waals surface area (Å²) >= 11 is 0. The number of aliphatic hydroxyl groups is 1. The van der Waals surface area contributed by atoms with Crippen molar-refractivity contribution in [3.8, 4) is 0 Å². The molecule has 0 aromatic carbocycles. The minimum atomic E-state index is 0.354. The smallest absolute Gasteiger partial charge is 0.0431 e. The Morgan fingerprint density at radius 1 is 1.13 bits per heavy atom. The van der Waals surface area contributed by atoms with Gasteiger partial charge >= 0.3 is 0 Å². The van der Waals surface area contributed by atoms with E-state index in [0.717, 1.165) is 24.8 Å². The number of unbranched alkanes of at least 4 members (excludes halogenated alkanes) is 3. The average Bonchev–Trinajstić information content (AvgIpc) is 2.63. The largest absolute Gasteiger partial charge is 0.396 e. The normalized spacial score (nSPS) is 26.0. The van der Waals surface area contributed by atoms with E-state index < -0.39 is 0 Å². The molecule has 1 fully saturated rings. The molecule has 2 N–H and O–H groups in total. The SMILES string of the molecule is CC1CCCC1CNCCCCCCO. The molecule has 2 unspecified atom stereocenters. The molecule has 15 heavy (non-hydrogen) atoms. The highest BCUT2D eigenvalue weighted by Gasteiger charge is 2.22. The summed E-state index contributed by atoms with van der Waals surface area (Å²) in [6.45, 7) is 5.13. The van der Waals surface area contributed by atoms with E-state index in [9.17, 15) is 0 Å². The number of rotatable bonds is 8. The Hall–Kier alpha value is -0.0800. The van der Waals surface area contributed by atoms with Crippen LogP contribution in [0.25, 0.3) is 0 Å². The first-order valence-electron chi connectivity index (χ1n) is 6.66. The van der Waals surface area contributed by atoms with E-state index in [0.29, 0.717) is 6.61 Å². The van der Waals surface area contributed by atoms with Gasteiger partial charge in [-0.1, -0.05) is 32.6 Å². The van der Waals surface area contributed by atoms with Crippen LogP contribution in [0.15, 0.2) is 0 Å². The zero-order valence-electron chi connectivity index (χ0n) is 10.2. The molecule has 0 aliphatic heterocycles. The van der Waals surface area contributed by atoms with E-state index >= 15 is 0 Å². The van der Waals surface area contributed by atoms with E-state index in [1.165, 1.54) is 45.1 Å². The van der Waals surface area contributed by atoms with E-state index in [4.69, 9.17) is 5.11 Å². The van der Waals surface area contributed by atoms with Crippen molar-refractivity contribution in [2.45, 2.75) is 51.9 Å². The molecule has 2 nitrogen and oxygen atoms in total. The zero-order chi connectivity index (χ0) is 10.9. The van der Waals surface area contributed by atoms with Crippen LogP contribution >= 0.6 is 0 Å². The first kappa shape index (κ1) is 13.0. The Balaban J connectivity index is 1.84. The van der Waals surface area contributed by atoms with Crippen molar-refractivity contribution in [2.75, 3.05) is 19.7 Å². The number of nitrogens with one attached hydrogen (secondary N) is 1. The molecule has 0 spiro atoms. The average molecular weight is 213 g/mol. The van der Waals surface area contributed by atoms with Crippen LogP contribution < -0.4 is 5.32 Å². The first-order valence-corrected chi connectivity index (χ1v) is 6.66. The zero-order valence-corrected chi connectivity index (χ0v) is 10.2. The predicted molar refractivity (Wildman–Crippen MR) is 64.9 cm³/mol. The van der Waals surface area contributed by atoms with E-state index in [1.54, 1.807) is 0 Å². The summed E-state index contributed by atoms with van der Waals surface area (Å²) in [5.74, 6) is 1.87. The van der Waals surface area contributed by atoms with Crippen molar-refractivity contribution in [1.29, 1.82) is 0 Å². The molecule has 0 bridgehead atoms. The van der Waals surface area contributed by atoms with Crippen molar-refractivity contribution in [2.24, 2.45) is 11.8 Å². The van der Waals surface area contributed by atoms with Gasteiger partial charge in [-0.15, -0.1) is 0 Å². The summed E-state index contributed by atoms with van der Waals surface area (Å²) in [7, 11) is 0. The van der Waals surface area contributed by atoms with Crippen LogP contribution in [0.5, 0.6) is 0 Å². The van der Waals surface area contributed by atoms with Gasteiger partial charge < -0.3 is 10.4 Å². The lowest BCUT2D eigenvalue weighted by Crippen LogP contribution is -2.25. The van der Waals surface area contributed by atoms with Crippen molar-refractivity contribution >= 4 is 0 Å². The van der Waals surface area contributed by atoms with Gasteiger partial charge in [-0.3, -0.25) is 0 Å². The summed E-state index contributed by atoms with van der Waals surface area (Å²) < 4.78 is 0. The standard InChI is InChI=1S/C13H27NO/c1-12-7-6-8-13(12)11-14-9-4-2-3-5-10-15/h12-15H,2-11H2,1H3. The highest BCUT2D eigenvalue weighted by molar-refractivity contribution is 4.75. The van der Waals surface area contributed by atoms with E-state index in [-0.39, 0.29) is 0 Å². The maximum absolute atomic E-state index is 8.63. The van der Waals surface area contributed by atoms with Crippen LogP contribution in [0.4, 0.5) is 0 Å². The summed E-state index contributed by atoms with van der Waals surface area (Å²) in [4.78, 5) is 0. The third-order valence-electron chi connectivity index (χ3n) is 3.71. The molecule has 0 aromatic rings. The molecular formula is C13H27NO. The number of aliphatic hydroxyl groups excluding tert-OH is 1. The van der Waals surface area contributed by atoms with Crippen LogP contribution in [0, 0.1) is 11.8 Å². The van der Waals surface area contributed by atoms with Gasteiger partial charge in [0.05, 0.1) is 0 Å². The minimum Gasteiger partial charge on any atom is -0.396 e. The number of hydrogen-bond acceptors (Lipinski definition) is 2. The molecule has 1 aliphatic rings. The molecule has 0 aromatic heterocycles. The van der Waals surface area contributed by atoms with Gasteiger partial charge in [-0.25, -0.2) is 0 Å². The van der Waals surface area contributed by atoms with Crippen molar-refractivity contribution < 1.29 is 5.11 Å². The summed E-state index contributed by atoms with van der Waals surface area (Å²) in [5.41, 5.74) is 0. The molecule has 0 saturated heterocycles. The molecule has 0 heterocycles. The van der Waals surface area contributed by atoms with Gasteiger partial charge in [0.1, 0.15) is 0 Å². The van der Waals surface area contributed by atoms with Gasteiger partial charge in [0.2, 0.25) is 0 Å². The Morgan fingerprint density at radius 3 is 2.60 bits per heavy atom.